The van der Waals surface area contributed by atoms with Crippen LogP contribution in [0.25, 0.3) is 0 Å². The number of para-hydroxylation sites is 1. The second-order valence-corrected chi connectivity index (χ2v) is 10.3. The highest BCUT2D eigenvalue weighted by Gasteiger charge is 2.33. The van der Waals surface area contributed by atoms with Gasteiger partial charge in [0.2, 0.25) is 15.9 Å². The normalized spacial score (nSPS) is 16.6. The molecule has 1 N–H and O–H groups in total. The molecule has 7 nitrogen and oxygen atoms in total. The number of carbonyl (C=O) groups is 1. The molecule has 0 unspecified atom stereocenters. The molecule has 0 spiro atoms. The molecule has 0 radical (unpaired) electrons. The topological polar surface area (TPSA) is 84.9 Å². The van der Waals surface area contributed by atoms with Gasteiger partial charge in [-0.15, -0.1) is 0 Å². The molecule has 9 heteroatoms. The van der Waals surface area contributed by atoms with Gasteiger partial charge < -0.3 is 14.8 Å². The van der Waals surface area contributed by atoms with Gasteiger partial charge >= 0.3 is 0 Å². The minimum atomic E-state index is -3.79. The van der Waals surface area contributed by atoms with E-state index in [0.717, 1.165) is 5.75 Å². The first kappa shape index (κ1) is 24.1. The van der Waals surface area contributed by atoms with Crippen molar-refractivity contribution in [1.82, 2.24) is 4.31 Å². The summed E-state index contributed by atoms with van der Waals surface area (Å²) in [7, 11) is -2.32. The third-order valence-electron chi connectivity index (χ3n) is 5.62. The van der Waals surface area contributed by atoms with Crippen LogP contribution in [0.2, 0.25) is 5.02 Å². The number of hydrogen-bond acceptors (Lipinski definition) is 5. The molecule has 0 aliphatic carbocycles. The van der Waals surface area contributed by atoms with E-state index in [0.29, 0.717) is 36.6 Å². The van der Waals surface area contributed by atoms with Crippen molar-refractivity contribution < 1.29 is 22.7 Å². The number of benzene rings is 3. The highest BCUT2D eigenvalue weighted by molar-refractivity contribution is 7.89. The first-order valence-corrected chi connectivity index (χ1v) is 12.7. The number of halogens is 1. The van der Waals surface area contributed by atoms with Crippen LogP contribution in [0.5, 0.6) is 17.2 Å². The molecular weight excluding hydrogens is 476 g/mol. The Bertz CT molecular complexity index is 1250. The molecule has 1 atom stereocenters. The number of sulfonamides is 1. The summed E-state index contributed by atoms with van der Waals surface area (Å²) in [6.45, 7) is 0.453. The SMILES string of the molecule is COc1ccc(S(=O)(=O)N2CCC[C@H](C(=O)Nc3ccc(Oc4ccccc4)cc3)C2)cc1Cl. The van der Waals surface area contributed by atoms with Gasteiger partial charge in [-0.1, -0.05) is 29.8 Å². The zero-order valence-electron chi connectivity index (χ0n) is 18.6. The Hall–Kier alpha value is -3.07. The number of amides is 1. The summed E-state index contributed by atoms with van der Waals surface area (Å²) in [4.78, 5) is 13.0. The minimum Gasteiger partial charge on any atom is -0.495 e. The fraction of sp³-hybridized carbons (Fsp3) is 0.240. The molecule has 0 aromatic heterocycles. The molecule has 1 aliphatic heterocycles. The number of nitrogens with one attached hydrogen (secondary N) is 1. The summed E-state index contributed by atoms with van der Waals surface area (Å²) in [5.74, 6) is 1.09. The molecule has 1 aliphatic rings. The lowest BCUT2D eigenvalue weighted by Gasteiger charge is -2.31. The highest BCUT2D eigenvalue weighted by Crippen LogP contribution is 2.30. The van der Waals surface area contributed by atoms with Crippen LogP contribution in [0.1, 0.15) is 12.8 Å². The molecule has 0 saturated carbocycles. The molecule has 0 bridgehead atoms. The van der Waals surface area contributed by atoms with Crippen LogP contribution in [-0.2, 0) is 14.8 Å². The second kappa shape index (κ2) is 10.5. The van der Waals surface area contributed by atoms with E-state index in [1.807, 2.05) is 30.3 Å². The van der Waals surface area contributed by atoms with E-state index in [1.54, 1.807) is 24.3 Å². The summed E-state index contributed by atoms with van der Waals surface area (Å²) in [6.07, 6.45) is 1.20. The third kappa shape index (κ3) is 5.52. The molecule has 1 fully saturated rings. The van der Waals surface area contributed by atoms with Crippen molar-refractivity contribution in [3.05, 3.63) is 77.8 Å². The third-order valence-corrected chi connectivity index (χ3v) is 7.77. The van der Waals surface area contributed by atoms with Crippen LogP contribution in [0.3, 0.4) is 0 Å². The summed E-state index contributed by atoms with van der Waals surface area (Å²) < 4.78 is 38.5. The number of piperidine rings is 1. The zero-order valence-corrected chi connectivity index (χ0v) is 20.2. The Morgan fingerprint density at radius 2 is 1.74 bits per heavy atom. The van der Waals surface area contributed by atoms with Crippen molar-refractivity contribution in [2.75, 3.05) is 25.5 Å². The van der Waals surface area contributed by atoms with Crippen LogP contribution < -0.4 is 14.8 Å². The van der Waals surface area contributed by atoms with Crippen molar-refractivity contribution in [3.63, 3.8) is 0 Å². The Balaban J connectivity index is 1.40. The summed E-state index contributed by atoms with van der Waals surface area (Å²) >= 11 is 6.12. The van der Waals surface area contributed by atoms with Gasteiger partial charge in [-0.05, 0) is 67.4 Å². The van der Waals surface area contributed by atoms with Gasteiger partial charge in [-0.2, -0.15) is 4.31 Å². The maximum atomic E-state index is 13.1. The molecule has 34 heavy (non-hydrogen) atoms. The van der Waals surface area contributed by atoms with E-state index >= 15 is 0 Å². The lowest BCUT2D eigenvalue weighted by atomic mass is 9.99. The molecule has 1 heterocycles. The average molecular weight is 501 g/mol. The van der Waals surface area contributed by atoms with Gasteiger partial charge in [-0.3, -0.25) is 4.79 Å². The van der Waals surface area contributed by atoms with Gasteiger partial charge in [0.1, 0.15) is 17.2 Å². The second-order valence-electron chi connectivity index (χ2n) is 7.93. The smallest absolute Gasteiger partial charge is 0.243 e. The largest absolute Gasteiger partial charge is 0.495 e. The quantitative estimate of drug-likeness (QED) is 0.483. The van der Waals surface area contributed by atoms with Crippen molar-refractivity contribution in [2.24, 2.45) is 5.92 Å². The van der Waals surface area contributed by atoms with Crippen LogP contribution in [0, 0.1) is 5.92 Å². The molecule has 4 rings (SSSR count). The molecular formula is C25H25ClN2O5S. The number of methoxy groups -OCH3 is 1. The van der Waals surface area contributed by atoms with Gasteiger partial charge in [-0.25, -0.2) is 8.42 Å². The minimum absolute atomic E-state index is 0.0772. The van der Waals surface area contributed by atoms with Gasteiger partial charge in [0.25, 0.3) is 0 Å². The number of nitrogens with zero attached hydrogens (tertiary/aromatic N) is 1. The molecule has 3 aromatic carbocycles. The van der Waals surface area contributed by atoms with Crippen molar-refractivity contribution >= 4 is 33.2 Å². The fourth-order valence-corrected chi connectivity index (χ4v) is 5.68. The van der Waals surface area contributed by atoms with Crippen molar-refractivity contribution in [1.29, 1.82) is 0 Å². The van der Waals surface area contributed by atoms with Gasteiger partial charge in [0, 0.05) is 18.8 Å². The van der Waals surface area contributed by atoms with E-state index in [9.17, 15) is 13.2 Å². The number of anilines is 1. The Kier molecular flexibility index (Phi) is 7.41. The van der Waals surface area contributed by atoms with E-state index < -0.39 is 15.9 Å². The van der Waals surface area contributed by atoms with E-state index in [-0.39, 0.29) is 22.4 Å². The van der Waals surface area contributed by atoms with Crippen molar-refractivity contribution in [3.8, 4) is 17.2 Å². The van der Waals surface area contributed by atoms with Crippen molar-refractivity contribution in [2.45, 2.75) is 17.7 Å². The fourth-order valence-electron chi connectivity index (χ4n) is 3.81. The van der Waals surface area contributed by atoms with Crippen LogP contribution in [-0.4, -0.2) is 38.8 Å². The van der Waals surface area contributed by atoms with E-state index in [2.05, 4.69) is 5.32 Å². The zero-order chi connectivity index (χ0) is 24.1. The standard InChI is InChI=1S/C25H25ClN2O5S/c1-32-24-14-13-22(16-23(24)26)34(30,31)28-15-5-6-18(17-28)25(29)27-19-9-11-21(12-10-19)33-20-7-3-2-4-8-20/h2-4,7-14,16,18H,5-6,15,17H2,1H3,(H,27,29)/t18-/m0/s1. The van der Waals surface area contributed by atoms with Crippen LogP contribution in [0.4, 0.5) is 5.69 Å². The van der Waals surface area contributed by atoms with Gasteiger partial charge in [0.05, 0.1) is 22.9 Å². The Morgan fingerprint density at radius 3 is 2.41 bits per heavy atom. The number of ether oxygens (including phenoxy) is 2. The summed E-state index contributed by atoms with van der Waals surface area (Å²) in [5.41, 5.74) is 0.618. The summed E-state index contributed by atoms with van der Waals surface area (Å²) in [6, 6.07) is 20.8. The Morgan fingerprint density at radius 1 is 1.03 bits per heavy atom. The predicted molar refractivity (Wildman–Crippen MR) is 131 cm³/mol. The Labute approximate surface area is 204 Å². The first-order chi connectivity index (χ1) is 16.4. The van der Waals surface area contributed by atoms with Crippen LogP contribution in [0.15, 0.2) is 77.7 Å². The first-order valence-electron chi connectivity index (χ1n) is 10.8. The van der Waals surface area contributed by atoms with E-state index in [4.69, 9.17) is 21.1 Å². The molecule has 178 valence electrons. The highest BCUT2D eigenvalue weighted by atomic mass is 35.5. The maximum Gasteiger partial charge on any atom is 0.243 e. The maximum absolute atomic E-state index is 13.1. The molecule has 1 saturated heterocycles. The van der Waals surface area contributed by atoms with Crippen LogP contribution >= 0.6 is 11.6 Å². The molecule has 3 aromatic rings. The number of carbonyl (C=O) groups excluding carboxylic acids is 1. The van der Waals surface area contributed by atoms with Gasteiger partial charge in [0.15, 0.2) is 0 Å². The lowest BCUT2D eigenvalue weighted by molar-refractivity contribution is -0.120. The lowest BCUT2D eigenvalue weighted by Crippen LogP contribution is -2.43. The number of rotatable bonds is 7. The van der Waals surface area contributed by atoms with E-state index in [1.165, 1.54) is 29.6 Å². The monoisotopic (exact) mass is 500 g/mol. The molecule has 1 amide bonds. The predicted octanol–water partition coefficient (Wildman–Crippen LogP) is 5.18. The summed E-state index contributed by atoms with van der Waals surface area (Å²) in [5, 5.41) is 3.10. The number of hydrogen-bond donors (Lipinski definition) is 1. The average Bonchev–Trinajstić information content (AvgIpc) is 2.86.